The lowest BCUT2D eigenvalue weighted by atomic mass is 9.96. The number of hydrogen-bond donors (Lipinski definition) is 1. The Kier molecular flexibility index (Phi) is 8.05. The molecule has 0 spiro atoms. The molecular formula is C24H36N4O2. The average Bonchev–Trinajstić information content (AvgIpc) is 2.74. The quantitative estimate of drug-likeness (QED) is 0.698. The molecule has 0 radical (unpaired) electrons. The zero-order valence-electron chi connectivity index (χ0n) is 18.7. The Balaban J connectivity index is 1.53. The van der Waals surface area contributed by atoms with Crippen LogP contribution in [0.3, 0.4) is 0 Å². The van der Waals surface area contributed by atoms with Crippen LogP contribution in [0.25, 0.3) is 0 Å². The second-order valence-corrected chi connectivity index (χ2v) is 8.89. The largest absolute Gasteiger partial charge is 0.352 e. The van der Waals surface area contributed by atoms with Crippen molar-refractivity contribution >= 4 is 11.8 Å². The number of rotatable bonds is 7. The summed E-state index contributed by atoms with van der Waals surface area (Å²) in [6.45, 7) is 4.91. The van der Waals surface area contributed by atoms with Crippen LogP contribution in [0.5, 0.6) is 0 Å². The molecule has 1 saturated heterocycles. The summed E-state index contributed by atoms with van der Waals surface area (Å²) in [6, 6.07) is 8.08. The smallest absolute Gasteiger partial charge is 0.227 e. The van der Waals surface area contributed by atoms with Gasteiger partial charge in [-0.05, 0) is 51.0 Å². The normalized spacial score (nSPS) is 20.5. The van der Waals surface area contributed by atoms with E-state index in [0.29, 0.717) is 19.5 Å². The van der Waals surface area contributed by atoms with Crippen molar-refractivity contribution in [2.45, 2.75) is 38.8 Å². The average molecular weight is 413 g/mol. The number of likely N-dealkylation sites (N-methyl/N-ethyl adjacent to an activating group) is 1. The molecule has 2 amide bonds. The first-order valence-electron chi connectivity index (χ1n) is 11.1. The van der Waals surface area contributed by atoms with Crippen molar-refractivity contribution in [2.24, 2.45) is 5.92 Å². The maximum atomic E-state index is 12.9. The zero-order valence-corrected chi connectivity index (χ0v) is 18.7. The minimum Gasteiger partial charge on any atom is -0.352 e. The van der Waals surface area contributed by atoms with Gasteiger partial charge in [0.15, 0.2) is 0 Å². The fourth-order valence-electron chi connectivity index (χ4n) is 4.33. The number of carbonyl (C=O) groups is 2. The van der Waals surface area contributed by atoms with Gasteiger partial charge in [-0.1, -0.05) is 35.9 Å². The Morgan fingerprint density at radius 3 is 2.60 bits per heavy atom. The van der Waals surface area contributed by atoms with Crippen LogP contribution >= 0.6 is 0 Å². The molecule has 1 N–H and O–H groups in total. The first-order chi connectivity index (χ1) is 14.4. The standard InChI is InChI=1S/C24H36N4O2/c1-26-13-10-19(11-14-26)15-23(29)25-16-20-7-4-5-8-21(20)18-28(3)24(30)22-9-6-12-27(2)17-22/h4-5,7-8,10,22H,6,9,11-18H2,1-3H3,(H,25,29). The number of carbonyl (C=O) groups excluding carboxylic acids is 2. The van der Waals surface area contributed by atoms with E-state index in [1.54, 1.807) is 0 Å². The lowest BCUT2D eigenvalue weighted by Gasteiger charge is -2.31. The van der Waals surface area contributed by atoms with Crippen molar-refractivity contribution in [3.63, 3.8) is 0 Å². The fourth-order valence-corrected chi connectivity index (χ4v) is 4.33. The van der Waals surface area contributed by atoms with Gasteiger partial charge < -0.3 is 20.0 Å². The van der Waals surface area contributed by atoms with Crippen molar-refractivity contribution in [2.75, 3.05) is 47.3 Å². The molecule has 1 aromatic rings. The van der Waals surface area contributed by atoms with Crippen molar-refractivity contribution in [3.05, 3.63) is 47.0 Å². The Hall–Kier alpha value is -2.18. The van der Waals surface area contributed by atoms with Gasteiger partial charge in [0, 0.05) is 46.2 Å². The van der Waals surface area contributed by atoms with Gasteiger partial charge in [0.05, 0.1) is 5.92 Å². The molecule has 6 nitrogen and oxygen atoms in total. The van der Waals surface area contributed by atoms with Crippen molar-refractivity contribution in [1.29, 1.82) is 0 Å². The van der Waals surface area contributed by atoms with E-state index in [2.05, 4.69) is 41.4 Å². The SMILES string of the molecule is CN1CC=C(CC(=O)NCc2ccccc2CN(C)C(=O)C2CCCN(C)C2)CC1. The third-order valence-corrected chi connectivity index (χ3v) is 6.25. The maximum absolute atomic E-state index is 12.9. The highest BCUT2D eigenvalue weighted by Gasteiger charge is 2.26. The molecule has 0 bridgehead atoms. The van der Waals surface area contributed by atoms with Gasteiger partial charge >= 0.3 is 0 Å². The van der Waals surface area contributed by atoms with Crippen LogP contribution in [0.15, 0.2) is 35.9 Å². The number of nitrogens with zero attached hydrogens (tertiary/aromatic N) is 3. The summed E-state index contributed by atoms with van der Waals surface area (Å²) in [5.74, 6) is 0.369. The Labute approximate surface area is 180 Å². The van der Waals surface area contributed by atoms with Gasteiger partial charge in [0.25, 0.3) is 0 Å². The Bertz CT molecular complexity index is 776. The first kappa shape index (κ1) is 22.5. The van der Waals surface area contributed by atoms with Crippen LogP contribution in [0.4, 0.5) is 0 Å². The molecule has 1 fully saturated rings. The van der Waals surface area contributed by atoms with E-state index < -0.39 is 0 Å². The molecule has 2 aliphatic rings. The van der Waals surface area contributed by atoms with Crippen LogP contribution in [-0.2, 0) is 22.7 Å². The van der Waals surface area contributed by atoms with Crippen LogP contribution < -0.4 is 5.32 Å². The molecule has 3 rings (SSSR count). The minimum absolute atomic E-state index is 0.0651. The van der Waals surface area contributed by atoms with E-state index in [0.717, 1.165) is 56.6 Å². The van der Waals surface area contributed by atoms with Gasteiger partial charge in [0.1, 0.15) is 0 Å². The molecule has 1 unspecified atom stereocenters. The summed E-state index contributed by atoms with van der Waals surface area (Å²) in [7, 11) is 6.07. The van der Waals surface area contributed by atoms with Crippen LogP contribution in [0.2, 0.25) is 0 Å². The zero-order chi connectivity index (χ0) is 21.5. The van der Waals surface area contributed by atoms with Gasteiger partial charge in [-0.15, -0.1) is 0 Å². The third-order valence-electron chi connectivity index (χ3n) is 6.25. The summed E-state index contributed by atoms with van der Waals surface area (Å²) in [5, 5.41) is 3.07. The van der Waals surface area contributed by atoms with E-state index >= 15 is 0 Å². The van der Waals surface area contributed by atoms with Crippen molar-refractivity contribution in [1.82, 2.24) is 20.0 Å². The predicted molar refractivity (Wildman–Crippen MR) is 120 cm³/mol. The molecule has 30 heavy (non-hydrogen) atoms. The molecule has 0 aliphatic carbocycles. The van der Waals surface area contributed by atoms with E-state index in [9.17, 15) is 9.59 Å². The molecule has 2 heterocycles. The highest BCUT2D eigenvalue weighted by atomic mass is 16.2. The summed E-state index contributed by atoms with van der Waals surface area (Å²) < 4.78 is 0. The predicted octanol–water partition coefficient (Wildman–Crippen LogP) is 2.25. The molecular weight excluding hydrogens is 376 g/mol. The van der Waals surface area contributed by atoms with E-state index in [4.69, 9.17) is 0 Å². The number of piperidine rings is 1. The highest BCUT2D eigenvalue weighted by Crippen LogP contribution is 2.19. The number of nitrogens with one attached hydrogen (secondary N) is 1. The van der Waals surface area contributed by atoms with E-state index in [1.165, 1.54) is 5.57 Å². The van der Waals surface area contributed by atoms with Crippen LogP contribution in [0.1, 0.15) is 36.8 Å². The second kappa shape index (κ2) is 10.7. The minimum atomic E-state index is 0.0651. The van der Waals surface area contributed by atoms with Crippen molar-refractivity contribution in [3.8, 4) is 0 Å². The molecule has 6 heteroatoms. The van der Waals surface area contributed by atoms with Gasteiger partial charge in [-0.3, -0.25) is 9.59 Å². The lowest BCUT2D eigenvalue weighted by molar-refractivity contribution is -0.136. The second-order valence-electron chi connectivity index (χ2n) is 8.89. The van der Waals surface area contributed by atoms with Crippen LogP contribution in [-0.4, -0.2) is 73.8 Å². The van der Waals surface area contributed by atoms with Crippen molar-refractivity contribution < 1.29 is 9.59 Å². The van der Waals surface area contributed by atoms with Gasteiger partial charge in [-0.25, -0.2) is 0 Å². The third kappa shape index (κ3) is 6.41. The van der Waals surface area contributed by atoms with E-state index in [-0.39, 0.29) is 17.7 Å². The van der Waals surface area contributed by atoms with E-state index in [1.807, 2.05) is 30.1 Å². The molecule has 0 aromatic heterocycles. The van der Waals surface area contributed by atoms with Gasteiger partial charge in [-0.2, -0.15) is 0 Å². The van der Waals surface area contributed by atoms with Gasteiger partial charge in [0.2, 0.25) is 11.8 Å². The Morgan fingerprint density at radius 1 is 1.13 bits per heavy atom. The summed E-state index contributed by atoms with van der Waals surface area (Å²) in [6.07, 6.45) is 5.65. The first-order valence-corrected chi connectivity index (χ1v) is 11.1. The highest BCUT2D eigenvalue weighted by molar-refractivity contribution is 5.79. The molecule has 2 aliphatic heterocycles. The molecule has 1 atom stereocenters. The molecule has 0 saturated carbocycles. The summed E-state index contributed by atoms with van der Waals surface area (Å²) in [5.41, 5.74) is 3.39. The van der Waals surface area contributed by atoms with Crippen LogP contribution in [0, 0.1) is 5.92 Å². The lowest BCUT2D eigenvalue weighted by Crippen LogP contribution is -2.42. The maximum Gasteiger partial charge on any atom is 0.227 e. The monoisotopic (exact) mass is 412 g/mol. The Morgan fingerprint density at radius 2 is 1.90 bits per heavy atom. The fraction of sp³-hybridized carbons (Fsp3) is 0.583. The molecule has 164 valence electrons. The molecule has 1 aromatic carbocycles. The number of benzene rings is 1. The summed E-state index contributed by atoms with van der Waals surface area (Å²) >= 11 is 0. The number of amides is 2. The number of hydrogen-bond acceptors (Lipinski definition) is 4. The number of likely N-dealkylation sites (tertiary alicyclic amines) is 1. The summed E-state index contributed by atoms with van der Waals surface area (Å²) in [4.78, 5) is 31.6. The topological polar surface area (TPSA) is 55.9 Å².